The minimum Gasteiger partial charge on any atom is -0.459 e. The third-order valence-electron chi connectivity index (χ3n) is 4.45. The predicted octanol–water partition coefficient (Wildman–Crippen LogP) is 5.31. The predicted molar refractivity (Wildman–Crippen MR) is 101 cm³/mol. The Balaban J connectivity index is 1.45. The molecule has 0 atom stereocenters. The van der Waals surface area contributed by atoms with Crippen molar-refractivity contribution in [1.29, 1.82) is 0 Å². The van der Waals surface area contributed by atoms with Crippen LogP contribution in [0.5, 0.6) is 0 Å². The quantitative estimate of drug-likeness (QED) is 0.635. The van der Waals surface area contributed by atoms with Crippen molar-refractivity contribution in [1.82, 2.24) is 0 Å². The van der Waals surface area contributed by atoms with Gasteiger partial charge in [0.2, 0.25) is 0 Å². The minimum absolute atomic E-state index is 0.188. The molecule has 0 bridgehead atoms. The Morgan fingerprint density at radius 1 is 1.04 bits per heavy atom. The van der Waals surface area contributed by atoms with E-state index in [1.165, 1.54) is 22.4 Å². The number of carbonyl (C=O) groups excluding carboxylic acids is 1. The molecule has 25 heavy (non-hydrogen) atoms. The van der Waals surface area contributed by atoms with Crippen LogP contribution in [0.25, 0.3) is 0 Å². The number of benzene rings is 2. The molecule has 0 unspecified atom stereocenters. The van der Waals surface area contributed by atoms with Crippen molar-refractivity contribution >= 4 is 23.4 Å². The molecular formula is C21H19NO2S. The van der Waals surface area contributed by atoms with Crippen LogP contribution in [0.1, 0.15) is 33.7 Å². The first-order chi connectivity index (χ1) is 12.3. The second-order valence-corrected chi connectivity index (χ2v) is 7.22. The highest BCUT2D eigenvalue weighted by Crippen LogP contribution is 2.27. The van der Waals surface area contributed by atoms with Gasteiger partial charge in [-0.15, -0.1) is 11.8 Å². The lowest BCUT2D eigenvalue weighted by Gasteiger charge is -2.07. The Hall–Kier alpha value is -2.46. The average Bonchev–Trinajstić information content (AvgIpc) is 3.29. The van der Waals surface area contributed by atoms with E-state index in [-0.39, 0.29) is 5.91 Å². The van der Waals surface area contributed by atoms with Crippen molar-refractivity contribution in [2.24, 2.45) is 0 Å². The van der Waals surface area contributed by atoms with Gasteiger partial charge < -0.3 is 9.73 Å². The number of anilines is 1. The van der Waals surface area contributed by atoms with Gasteiger partial charge in [-0.05, 0) is 60.7 Å². The molecule has 1 aliphatic rings. The van der Waals surface area contributed by atoms with Crippen LogP contribution >= 0.6 is 11.8 Å². The first kappa shape index (κ1) is 16.0. The van der Waals surface area contributed by atoms with Crippen molar-refractivity contribution in [2.45, 2.75) is 29.9 Å². The van der Waals surface area contributed by atoms with Gasteiger partial charge in [-0.2, -0.15) is 0 Å². The zero-order valence-electron chi connectivity index (χ0n) is 13.8. The minimum atomic E-state index is -0.188. The number of aryl methyl sites for hydroxylation is 2. The highest BCUT2D eigenvalue weighted by Gasteiger charge is 2.17. The van der Waals surface area contributed by atoms with Crippen LogP contribution in [-0.2, 0) is 18.6 Å². The van der Waals surface area contributed by atoms with Gasteiger partial charge >= 0.3 is 0 Å². The molecule has 0 aliphatic heterocycles. The Kier molecular flexibility index (Phi) is 4.61. The molecule has 0 saturated heterocycles. The zero-order valence-corrected chi connectivity index (χ0v) is 14.6. The van der Waals surface area contributed by atoms with Gasteiger partial charge in [0, 0.05) is 21.9 Å². The molecule has 0 radical (unpaired) electrons. The normalized spacial score (nSPS) is 12.8. The summed E-state index contributed by atoms with van der Waals surface area (Å²) in [5.41, 5.74) is 4.49. The monoisotopic (exact) mass is 349 g/mol. The van der Waals surface area contributed by atoms with E-state index < -0.39 is 0 Å². The van der Waals surface area contributed by atoms with E-state index in [1.807, 2.05) is 30.3 Å². The fourth-order valence-electron chi connectivity index (χ4n) is 3.16. The second-order valence-electron chi connectivity index (χ2n) is 6.17. The molecule has 1 heterocycles. The molecule has 2 aromatic carbocycles. The van der Waals surface area contributed by atoms with Crippen LogP contribution in [0, 0.1) is 0 Å². The molecule has 1 N–H and O–H groups in total. The van der Waals surface area contributed by atoms with E-state index in [0.717, 1.165) is 24.1 Å². The van der Waals surface area contributed by atoms with Gasteiger partial charge in [-0.25, -0.2) is 0 Å². The van der Waals surface area contributed by atoms with E-state index in [4.69, 9.17) is 4.42 Å². The summed E-state index contributed by atoms with van der Waals surface area (Å²) < 4.78 is 5.45. The Labute approximate surface area is 151 Å². The maximum Gasteiger partial charge on any atom is 0.291 e. The smallest absolute Gasteiger partial charge is 0.291 e. The van der Waals surface area contributed by atoms with Gasteiger partial charge in [0.1, 0.15) is 0 Å². The molecule has 3 aromatic rings. The summed E-state index contributed by atoms with van der Waals surface area (Å²) in [5.74, 6) is 0.906. The SMILES string of the molecule is O=C(Nc1ccc2c(c1)CCC2)c1occc1CSc1ccccc1. The topological polar surface area (TPSA) is 42.2 Å². The van der Waals surface area contributed by atoms with Gasteiger partial charge in [-0.3, -0.25) is 4.79 Å². The van der Waals surface area contributed by atoms with Crippen LogP contribution in [-0.4, -0.2) is 5.91 Å². The number of carbonyl (C=O) groups is 1. The summed E-state index contributed by atoms with van der Waals surface area (Å²) in [6.07, 6.45) is 5.02. The van der Waals surface area contributed by atoms with Gasteiger partial charge in [0.25, 0.3) is 5.91 Å². The van der Waals surface area contributed by atoms with Gasteiger partial charge in [0.05, 0.1) is 6.26 Å². The Morgan fingerprint density at radius 2 is 1.88 bits per heavy atom. The van der Waals surface area contributed by atoms with Gasteiger partial charge in [-0.1, -0.05) is 24.3 Å². The fourth-order valence-corrected chi connectivity index (χ4v) is 4.06. The molecule has 0 saturated carbocycles. The largest absolute Gasteiger partial charge is 0.459 e. The van der Waals surface area contributed by atoms with Crippen molar-refractivity contribution < 1.29 is 9.21 Å². The van der Waals surface area contributed by atoms with Crippen molar-refractivity contribution in [3.8, 4) is 0 Å². The van der Waals surface area contributed by atoms with E-state index in [2.05, 4.69) is 29.6 Å². The van der Waals surface area contributed by atoms with Crippen molar-refractivity contribution in [3.63, 3.8) is 0 Å². The molecular weight excluding hydrogens is 330 g/mol. The summed E-state index contributed by atoms with van der Waals surface area (Å²) >= 11 is 1.69. The molecule has 4 heteroatoms. The molecule has 0 spiro atoms. The van der Waals surface area contributed by atoms with Crippen LogP contribution in [0.3, 0.4) is 0 Å². The second kappa shape index (κ2) is 7.19. The van der Waals surface area contributed by atoms with E-state index in [9.17, 15) is 4.79 Å². The summed E-state index contributed by atoms with van der Waals surface area (Å²) in [6, 6.07) is 18.2. The van der Waals surface area contributed by atoms with E-state index in [1.54, 1.807) is 18.0 Å². The third kappa shape index (κ3) is 3.64. The summed E-state index contributed by atoms with van der Waals surface area (Å²) in [4.78, 5) is 13.8. The molecule has 0 fully saturated rings. The number of hydrogen-bond donors (Lipinski definition) is 1. The van der Waals surface area contributed by atoms with E-state index in [0.29, 0.717) is 11.5 Å². The number of nitrogens with one attached hydrogen (secondary N) is 1. The summed E-state index contributed by atoms with van der Waals surface area (Å²) in [5, 5.41) is 2.97. The fraction of sp³-hybridized carbons (Fsp3) is 0.190. The zero-order chi connectivity index (χ0) is 17.1. The number of fused-ring (bicyclic) bond motifs is 1. The maximum absolute atomic E-state index is 12.6. The number of amides is 1. The first-order valence-electron chi connectivity index (χ1n) is 8.47. The maximum atomic E-state index is 12.6. The lowest BCUT2D eigenvalue weighted by Crippen LogP contribution is -2.13. The van der Waals surface area contributed by atoms with Crippen LogP contribution in [0.15, 0.2) is 70.2 Å². The lowest BCUT2D eigenvalue weighted by atomic mass is 10.1. The first-order valence-corrected chi connectivity index (χ1v) is 9.45. The summed E-state index contributed by atoms with van der Waals surface area (Å²) in [6.45, 7) is 0. The average molecular weight is 349 g/mol. The van der Waals surface area contributed by atoms with Gasteiger partial charge in [0.15, 0.2) is 5.76 Å². The number of thioether (sulfide) groups is 1. The number of rotatable bonds is 5. The highest BCUT2D eigenvalue weighted by atomic mass is 32.2. The lowest BCUT2D eigenvalue weighted by molar-refractivity contribution is 0.0996. The molecule has 126 valence electrons. The molecule has 4 rings (SSSR count). The molecule has 1 aromatic heterocycles. The Bertz CT molecular complexity index is 886. The molecule has 1 amide bonds. The van der Waals surface area contributed by atoms with Crippen molar-refractivity contribution in [3.05, 3.63) is 83.3 Å². The molecule has 1 aliphatic carbocycles. The van der Waals surface area contributed by atoms with Crippen molar-refractivity contribution in [2.75, 3.05) is 5.32 Å². The standard InChI is InChI=1S/C21H19NO2S/c23-21(22-18-10-9-15-5-4-6-16(15)13-18)20-17(11-12-24-20)14-25-19-7-2-1-3-8-19/h1-3,7-13H,4-6,14H2,(H,22,23). The van der Waals surface area contributed by atoms with E-state index >= 15 is 0 Å². The Morgan fingerprint density at radius 3 is 2.76 bits per heavy atom. The highest BCUT2D eigenvalue weighted by molar-refractivity contribution is 7.98. The molecule has 3 nitrogen and oxygen atoms in total. The number of hydrogen-bond acceptors (Lipinski definition) is 3. The van der Waals surface area contributed by atoms with Crippen LogP contribution < -0.4 is 5.32 Å². The van der Waals surface area contributed by atoms with Crippen LogP contribution in [0.2, 0.25) is 0 Å². The van der Waals surface area contributed by atoms with Crippen LogP contribution in [0.4, 0.5) is 5.69 Å². The summed E-state index contributed by atoms with van der Waals surface area (Å²) in [7, 11) is 0. The number of furan rings is 1. The third-order valence-corrected chi connectivity index (χ3v) is 5.51.